The van der Waals surface area contributed by atoms with Crippen molar-refractivity contribution >= 4 is 15.9 Å². The number of alkyl halides is 3. The number of halogens is 4. The number of nitrogens with two attached hydrogens (primary N) is 1. The average Bonchev–Trinajstić information content (AvgIpc) is 3.17. The van der Waals surface area contributed by atoms with Gasteiger partial charge in [-0.1, -0.05) is 22.0 Å². The van der Waals surface area contributed by atoms with Crippen LogP contribution >= 0.6 is 15.9 Å². The van der Waals surface area contributed by atoms with Gasteiger partial charge in [0.25, 0.3) is 0 Å². The number of benzene rings is 1. The predicted molar refractivity (Wildman–Crippen MR) is 74.3 cm³/mol. The van der Waals surface area contributed by atoms with E-state index >= 15 is 0 Å². The molecule has 3 rings (SSSR count). The van der Waals surface area contributed by atoms with Crippen LogP contribution in [0.2, 0.25) is 0 Å². The molecule has 1 aromatic carbocycles. The minimum absolute atomic E-state index is 0.00952. The first-order valence-electron chi connectivity index (χ1n) is 6.42. The monoisotopic (exact) mass is 360 g/mol. The molecule has 8 heteroatoms. The third-order valence-corrected chi connectivity index (χ3v) is 4.08. The summed E-state index contributed by atoms with van der Waals surface area (Å²) in [6, 6.07) is 4.31. The summed E-state index contributed by atoms with van der Waals surface area (Å²) in [6.45, 7) is 0.214. The molecule has 1 heterocycles. The van der Waals surface area contributed by atoms with Crippen LogP contribution < -0.4 is 5.73 Å². The van der Waals surface area contributed by atoms with Gasteiger partial charge in [-0.15, -0.1) is 10.2 Å². The summed E-state index contributed by atoms with van der Waals surface area (Å²) in [5.41, 5.74) is 5.29. The van der Waals surface area contributed by atoms with Crippen molar-refractivity contribution in [2.24, 2.45) is 5.73 Å². The lowest BCUT2D eigenvalue weighted by atomic mass is 10.1. The zero-order valence-corrected chi connectivity index (χ0v) is 12.4. The van der Waals surface area contributed by atoms with Gasteiger partial charge >= 0.3 is 6.18 Å². The van der Waals surface area contributed by atoms with Crippen molar-refractivity contribution in [1.29, 1.82) is 0 Å². The fourth-order valence-corrected chi connectivity index (χ4v) is 2.73. The summed E-state index contributed by atoms with van der Waals surface area (Å²) >= 11 is 2.93. The molecule has 2 aromatic rings. The smallest absolute Gasteiger partial charge is 0.324 e. The Labute approximate surface area is 127 Å². The van der Waals surface area contributed by atoms with Crippen LogP contribution in [0.25, 0.3) is 11.4 Å². The fourth-order valence-electron chi connectivity index (χ4n) is 2.26. The van der Waals surface area contributed by atoms with Gasteiger partial charge in [0.15, 0.2) is 5.82 Å². The molecule has 1 fully saturated rings. The van der Waals surface area contributed by atoms with E-state index in [9.17, 15) is 13.2 Å². The van der Waals surface area contributed by atoms with Crippen molar-refractivity contribution in [3.63, 3.8) is 0 Å². The molecule has 112 valence electrons. The Morgan fingerprint density at radius 3 is 2.57 bits per heavy atom. The molecule has 0 atom stereocenters. The highest BCUT2D eigenvalue weighted by Gasteiger charge is 2.34. The summed E-state index contributed by atoms with van der Waals surface area (Å²) in [5, 5.41) is 8.00. The van der Waals surface area contributed by atoms with Gasteiger partial charge in [0, 0.05) is 16.1 Å². The number of nitrogens with zero attached hydrogens (tertiary/aromatic N) is 3. The zero-order valence-electron chi connectivity index (χ0n) is 10.9. The summed E-state index contributed by atoms with van der Waals surface area (Å²) in [7, 11) is 0. The lowest BCUT2D eigenvalue weighted by molar-refractivity contribution is -0.138. The van der Waals surface area contributed by atoms with Gasteiger partial charge in [-0.05, 0) is 25.0 Å². The van der Waals surface area contributed by atoms with Crippen LogP contribution in [0.5, 0.6) is 0 Å². The second kappa shape index (κ2) is 5.10. The first-order valence-corrected chi connectivity index (χ1v) is 7.22. The van der Waals surface area contributed by atoms with Gasteiger partial charge in [-0.3, -0.25) is 0 Å². The minimum Gasteiger partial charge on any atom is -0.324 e. The number of hydrogen-bond donors (Lipinski definition) is 1. The summed E-state index contributed by atoms with van der Waals surface area (Å²) in [6.07, 6.45) is -2.47. The van der Waals surface area contributed by atoms with E-state index in [1.807, 2.05) is 4.57 Å². The molecule has 0 bridgehead atoms. The maximum absolute atomic E-state index is 13.0. The van der Waals surface area contributed by atoms with Crippen molar-refractivity contribution in [1.82, 2.24) is 14.8 Å². The molecule has 0 aliphatic heterocycles. The van der Waals surface area contributed by atoms with E-state index in [-0.39, 0.29) is 17.1 Å². The third kappa shape index (κ3) is 2.69. The highest BCUT2D eigenvalue weighted by molar-refractivity contribution is 9.10. The molecule has 4 nitrogen and oxygen atoms in total. The Morgan fingerprint density at radius 1 is 1.29 bits per heavy atom. The Balaban J connectivity index is 2.11. The van der Waals surface area contributed by atoms with E-state index in [0.29, 0.717) is 17.2 Å². The number of rotatable bonds is 3. The largest absolute Gasteiger partial charge is 0.417 e. The number of hydrogen-bond acceptors (Lipinski definition) is 3. The quantitative estimate of drug-likeness (QED) is 0.910. The number of aromatic nitrogens is 3. The molecule has 21 heavy (non-hydrogen) atoms. The highest BCUT2D eigenvalue weighted by atomic mass is 79.9. The van der Waals surface area contributed by atoms with Crippen molar-refractivity contribution in [3.8, 4) is 11.4 Å². The van der Waals surface area contributed by atoms with Crippen molar-refractivity contribution in [2.45, 2.75) is 31.6 Å². The topological polar surface area (TPSA) is 56.7 Å². The Bertz CT molecular complexity index is 677. The minimum atomic E-state index is -4.42. The molecule has 0 unspecified atom stereocenters. The molecule has 0 spiro atoms. The zero-order chi connectivity index (χ0) is 15.2. The van der Waals surface area contributed by atoms with Crippen LogP contribution in [0, 0.1) is 0 Å². The maximum Gasteiger partial charge on any atom is 0.417 e. The molecule has 2 N–H and O–H groups in total. The van der Waals surface area contributed by atoms with Crippen molar-refractivity contribution in [3.05, 3.63) is 34.1 Å². The van der Waals surface area contributed by atoms with Gasteiger partial charge in [-0.2, -0.15) is 13.2 Å². The van der Waals surface area contributed by atoms with E-state index in [4.69, 9.17) is 5.73 Å². The van der Waals surface area contributed by atoms with Gasteiger partial charge in [0.05, 0.1) is 12.1 Å². The Morgan fingerprint density at radius 2 is 2.00 bits per heavy atom. The van der Waals surface area contributed by atoms with Crippen molar-refractivity contribution < 1.29 is 13.2 Å². The van der Waals surface area contributed by atoms with Crippen LogP contribution in [0.4, 0.5) is 13.2 Å². The lowest BCUT2D eigenvalue weighted by Crippen LogP contribution is -2.09. The third-order valence-electron chi connectivity index (χ3n) is 3.39. The molecular weight excluding hydrogens is 349 g/mol. The molecule has 0 amide bonds. The van der Waals surface area contributed by atoms with Crippen LogP contribution in [-0.4, -0.2) is 14.8 Å². The molecular formula is C13H12BrF3N4. The van der Waals surface area contributed by atoms with E-state index < -0.39 is 11.7 Å². The summed E-state index contributed by atoms with van der Waals surface area (Å²) < 4.78 is 40.8. The standard InChI is InChI=1S/C13H12BrF3N4/c14-10-4-1-7(5-9(10)13(15,16)17)12-20-19-11(6-18)21(12)8-2-3-8/h1,4-5,8H,2-3,6,18H2. The maximum atomic E-state index is 13.0. The first kappa shape index (κ1) is 14.5. The summed E-state index contributed by atoms with van der Waals surface area (Å²) in [5.74, 6) is 1.04. The molecule has 0 radical (unpaired) electrons. The molecule has 0 saturated heterocycles. The van der Waals surface area contributed by atoms with E-state index in [1.54, 1.807) is 6.07 Å². The van der Waals surface area contributed by atoms with E-state index in [1.165, 1.54) is 6.07 Å². The highest BCUT2D eigenvalue weighted by Crippen LogP contribution is 2.41. The van der Waals surface area contributed by atoms with E-state index in [2.05, 4.69) is 26.1 Å². The van der Waals surface area contributed by atoms with Gasteiger partial charge in [0.1, 0.15) is 5.82 Å². The second-order valence-electron chi connectivity index (χ2n) is 4.94. The predicted octanol–water partition coefficient (Wildman–Crippen LogP) is 3.52. The average molecular weight is 361 g/mol. The molecule has 1 aliphatic carbocycles. The van der Waals surface area contributed by atoms with Gasteiger partial charge in [0.2, 0.25) is 0 Å². The SMILES string of the molecule is NCc1nnc(-c2ccc(Br)c(C(F)(F)F)c2)n1C1CC1. The Kier molecular flexibility index (Phi) is 3.53. The van der Waals surface area contributed by atoms with Gasteiger partial charge < -0.3 is 10.3 Å². The fraction of sp³-hybridized carbons (Fsp3) is 0.385. The Hall–Kier alpha value is -1.41. The molecule has 1 aromatic heterocycles. The second-order valence-corrected chi connectivity index (χ2v) is 5.79. The molecule has 1 saturated carbocycles. The van der Waals surface area contributed by atoms with Crippen LogP contribution in [0.15, 0.2) is 22.7 Å². The first-order chi connectivity index (χ1) is 9.91. The van der Waals surface area contributed by atoms with Gasteiger partial charge in [-0.25, -0.2) is 0 Å². The lowest BCUT2D eigenvalue weighted by Gasteiger charge is -2.12. The normalized spacial score (nSPS) is 15.5. The van der Waals surface area contributed by atoms with E-state index in [0.717, 1.165) is 18.9 Å². The molecule has 1 aliphatic rings. The van der Waals surface area contributed by atoms with Crippen LogP contribution in [0.3, 0.4) is 0 Å². The van der Waals surface area contributed by atoms with Crippen LogP contribution in [0.1, 0.15) is 30.3 Å². The van der Waals surface area contributed by atoms with Crippen molar-refractivity contribution in [2.75, 3.05) is 0 Å². The summed E-state index contributed by atoms with van der Waals surface area (Å²) in [4.78, 5) is 0. The van der Waals surface area contributed by atoms with Crippen LogP contribution in [-0.2, 0) is 12.7 Å².